The van der Waals surface area contributed by atoms with E-state index < -0.39 is 35.7 Å². The van der Waals surface area contributed by atoms with Crippen LogP contribution in [-0.2, 0) is 69.2 Å². The topological polar surface area (TPSA) is 331 Å². The molecule has 0 atom stereocenters. The third-order valence-corrected chi connectivity index (χ3v) is 32.8. The van der Waals surface area contributed by atoms with E-state index in [1.165, 1.54) is 35.1 Å². The van der Waals surface area contributed by atoms with E-state index in [1.807, 2.05) is 103 Å². The van der Waals surface area contributed by atoms with Gasteiger partial charge in [-0.15, -0.1) is 0 Å². The zero-order valence-corrected chi connectivity index (χ0v) is 90.8. The predicted octanol–water partition coefficient (Wildman–Crippen LogP) is 28.8. The fourth-order valence-corrected chi connectivity index (χ4v) is 22.7. The number of rotatable bonds is 15. The van der Waals surface area contributed by atoms with Crippen LogP contribution in [0.25, 0.3) is 142 Å². The van der Waals surface area contributed by atoms with Gasteiger partial charge in [0.1, 0.15) is 38.5 Å². The Morgan fingerprint density at radius 3 is 1.22 bits per heavy atom. The second-order valence-electron chi connectivity index (χ2n) is 37.1. The van der Waals surface area contributed by atoms with Crippen molar-refractivity contribution in [2.75, 3.05) is 5.32 Å². The SMILES string of the molecule is CC(C)(C)c1ccc2c(=O)c3ccc(Cl)c(Br)c3n(CC(=O)O)c2c1.CC(C)c1ccc2c(=O)c3ccc(Cl)c(Cl)c3n(C)c2c1.O=C(O)Cn1c2cc(-c3ccccc3)ccc2c(=O)c2ccc(Cl)c(Br)c21.O=C(O)Cn1c2cc(NC3CCC3)ccc2c(=O)c2ccc(Cl)c(Br)c21.O=C(O)Cn1c2cccc(C3CCCCC3)c2c(=O)c2ccc(Cl)c(Cl)c21.O=C(O)Cn1c2ccccc2c(=O)c2ccc(F)c(Br)c21. The van der Waals surface area contributed by atoms with E-state index in [0.29, 0.717) is 176 Å². The minimum absolute atomic E-state index is 0.00743. The summed E-state index contributed by atoms with van der Waals surface area (Å²) in [6, 6.07) is 64.1. The van der Waals surface area contributed by atoms with E-state index >= 15 is 0 Å². The lowest BCUT2D eigenvalue weighted by atomic mass is 9.82. The molecule has 0 bridgehead atoms. The van der Waals surface area contributed by atoms with Gasteiger partial charge < -0.3 is 58.3 Å². The van der Waals surface area contributed by atoms with Crippen LogP contribution in [0.2, 0.25) is 35.2 Å². The van der Waals surface area contributed by atoms with E-state index in [-0.39, 0.29) is 91.1 Å². The summed E-state index contributed by atoms with van der Waals surface area (Å²) < 4.78 is 25.3. The van der Waals surface area contributed by atoms with Crippen LogP contribution >= 0.6 is 145 Å². The first-order valence-corrected chi connectivity index (χ1v) is 52.2. The molecule has 6 aromatic heterocycles. The number of aliphatic carboxylic acids is 5. The lowest BCUT2D eigenvalue weighted by Crippen LogP contribution is -2.27. The van der Waals surface area contributed by atoms with Crippen LogP contribution in [-0.4, -0.2) is 88.8 Å². The predicted molar refractivity (Wildman–Crippen MR) is 605 cm³/mol. The van der Waals surface area contributed by atoms with Crippen LogP contribution in [0.5, 0.6) is 0 Å². The molecule has 23 nitrogen and oxygen atoms in total. The average Bonchev–Trinajstić information content (AvgIpc) is 0.753. The lowest BCUT2D eigenvalue weighted by molar-refractivity contribution is -0.138. The molecule has 2 aliphatic rings. The quantitative estimate of drug-likeness (QED) is 0.0519. The van der Waals surface area contributed by atoms with Crippen LogP contribution in [0.15, 0.2) is 265 Å². The number of benzene rings is 13. The zero-order chi connectivity index (χ0) is 106. The maximum absolute atomic E-state index is 13.8. The van der Waals surface area contributed by atoms with Crippen molar-refractivity contribution in [3.8, 4) is 11.1 Å². The number of carbonyl (C=O) groups is 5. The molecule has 147 heavy (non-hydrogen) atoms. The van der Waals surface area contributed by atoms with Gasteiger partial charge in [0, 0.05) is 83.4 Å². The highest BCUT2D eigenvalue weighted by Gasteiger charge is 2.29. The van der Waals surface area contributed by atoms with Crippen molar-refractivity contribution in [2.24, 2.45) is 7.05 Å². The Balaban J connectivity index is 0.000000126. The first-order valence-electron chi connectivity index (χ1n) is 46.4. The molecule has 0 unspecified atom stereocenters. The molecular formula is C112H89Br4Cl7FN7O16. The maximum Gasteiger partial charge on any atom is 0.323 e. The minimum Gasteiger partial charge on any atom is -0.480 e. The largest absolute Gasteiger partial charge is 0.480 e. The van der Waals surface area contributed by atoms with Crippen molar-refractivity contribution in [2.45, 2.75) is 142 Å². The fourth-order valence-electron chi connectivity index (χ4n) is 19.1. The summed E-state index contributed by atoms with van der Waals surface area (Å²) in [5.74, 6) is -4.86. The number of fused-ring (bicyclic) bond motifs is 12. The number of nitrogens with zero attached hydrogens (tertiary/aromatic N) is 6. The highest BCUT2D eigenvalue weighted by Crippen LogP contribution is 2.43. The summed E-state index contributed by atoms with van der Waals surface area (Å²) in [7, 11) is 1.91. The van der Waals surface area contributed by atoms with Gasteiger partial charge in [0.05, 0.1) is 119 Å². The second-order valence-corrected chi connectivity index (χ2v) is 43.1. The van der Waals surface area contributed by atoms with Crippen LogP contribution in [0.3, 0.4) is 0 Å². The molecule has 0 aliphatic heterocycles. The normalized spacial score (nSPS) is 12.8. The molecule has 2 saturated carbocycles. The fraction of sp³-hybridized carbons (Fsp3) is 0.205. The molecule has 21 rings (SSSR count). The zero-order valence-electron chi connectivity index (χ0n) is 79.2. The van der Waals surface area contributed by atoms with Crippen LogP contribution in [0, 0.1) is 5.82 Å². The van der Waals surface area contributed by atoms with Crippen molar-refractivity contribution in [3.05, 3.63) is 355 Å². The first kappa shape index (κ1) is 107. The highest BCUT2D eigenvalue weighted by atomic mass is 79.9. The molecule has 13 aromatic carbocycles. The monoisotopic (exact) mass is 2370 g/mol. The molecule has 2 fully saturated rings. The first-order chi connectivity index (χ1) is 69.9. The molecule has 752 valence electrons. The van der Waals surface area contributed by atoms with Crippen LogP contribution in [0.4, 0.5) is 10.1 Å². The number of aryl methyl sites for hydroxylation is 1. The van der Waals surface area contributed by atoms with Gasteiger partial charge in [0.2, 0.25) is 0 Å². The molecule has 6 N–H and O–H groups in total. The number of para-hydroxylation sites is 1. The summed E-state index contributed by atoms with van der Waals surface area (Å²) in [4.78, 5) is 135. The molecule has 0 spiro atoms. The van der Waals surface area contributed by atoms with Gasteiger partial charge in [0.15, 0.2) is 32.6 Å². The van der Waals surface area contributed by atoms with Crippen LogP contribution in [0.1, 0.15) is 115 Å². The second kappa shape index (κ2) is 44.6. The number of halogens is 12. The van der Waals surface area contributed by atoms with Crippen molar-refractivity contribution in [1.29, 1.82) is 0 Å². The third-order valence-electron chi connectivity index (χ3n) is 26.5. The Morgan fingerprint density at radius 1 is 0.361 bits per heavy atom. The van der Waals surface area contributed by atoms with Gasteiger partial charge in [-0.2, -0.15) is 0 Å². The van der Waals surface area contributed by atoms with Gasteiger partial charge in [-0.3, -0.25) is 52.7 Å². The molecule has 35 heteroatoms. The van der Waals surface area contributed by atoms with Crippen molar-refractivity contribution in [1.82, 2.24) is 27.4 Å². The molecule has 0 radical (unpaired) electrons. The Kier molecular flexibility index (Phi) is 32.6. The standard InChI is InChI=1S/C21H13BrClNO3.C21H19Cl2NO3.C19H16BrClN2O3.C19H17BrClNO3.C17H15Cl2NO.C15H9BrFNO3/c22-19-16(23)9-8-15-20(19)24(11-18(25)26)17-10-13(6-7-14(17)21(15)27)12-4-2-1-3-5-12;22-15-10-9-14-20(19(15)23)24(11-17(25)26)16-8-4-7-13(18(16)21(14)27)12-5-2-1-3-6-12;20-17-14(21)7-6-13-18(17)23(9-16(24)25)15-8-11(22-10-2-1-3-10)4-5-12(15)19(13)26;1-19(2,3)10-4-5-11-14(8-10)22(9-15(23)24)17-12(18(11)25)6-7-13(21)16(17)20;1-9(2)10-4-5-11-14(8-10)20(3)16-12(17(11)21)6-7-13(18)15(16)19;16-13-10(17)6-5-9-14(13)18(7-12(19)20)11-4-2-1-3-8(11)15(9)21/h1-10H,11H2,(H,25,26);4,7-10,12H,1-3,5-6,11H2,(H,25,26);4-8,10,22H,1-3,9H2,(H,24,25);4-8H,9H2,1-3H3,(H,23,24);4-9H,1-3H3;1-6H,7H2,(H,19,20). The number of hydrogen-bond acceptors (Lipinski definition) is 12. The Labute approximate surface area is 905 Å². The number of anilines is 1. The summed E-state index contributed by atoms with van der Waals surface area (Å²) in [5.41, 5.74) is 11.5. The smallest absolute Gasteiger partial charge is 0.323 e. The third kappa shape index (κ3) is 21.7. The van der Waals surface area contributed by atoms with Gasteiger partial charge >= 0.3 is 29.8 Å². The molecular weight excluding hydrogens is 2290 g/mol. The maximum atomic E-state index is 13.8. The average molecular weight is 2380 g/mol. The highest BCUT2D eigenvalue weighted by molar-refractivity contribution is 9.11. The number of aromatic nitrogens is 6. The molecule has 0 amide bonds. The van der Waals surface area contributed by atoms with E-state index in [1.54, 1.807) is 127 Å². The summed E-state index contributed by atoms with van der Waals surface area (Å²) >= 11 is 56.9. The van der Waals surface area contributed by atoms with Gasteiger partial charge in [-0.05, 0) is 286 Å². The van der Waals surface area contributed by atoms with Gasteiger partial charge in [-0.1, -0.05) is 208 Å². The number of carboxylic acids is 5. The Bertz CT molecular complexity index is 9140. The Hall–Kier alpha value is -12.3. The Morgan fingerprint density at radius 2 is 0.741 bits per heavy atom. The molecule has 2 aliphatic carbocycles. The summed E-state index contributed by atoms with van der Waals surface area (Å²) in [6.45, 7) is 9.00. The number of pyridine rings is 6. The van der Waals surface area contributed by atoms with E-state index in [9.17, 15) is 77.6 Å². The van der Waals surface area contributed by atoms with Crippen molar-refractivity contribution in [3.63, 3.8) is 0 Å². The number of carboxylic acid groups (broad SMARTS) is 5. The van der Waals surface area contributed by atoms with Gasteiger partial charge in [-0.25, -0.2) is 4.39 Å². The van der Waals surface area contributed by atoms with Crippen LogP contribution < -0.4 is 37.9 Å². The van der Waals surface area contributed by atoms with Gasteiger partial charge in [0.25, 0.3) is 0 Å². The number of hydrogen-bond donors (Lipinski definition) is 6. The van der Waals surface area contributed by atoms with E-state index in [2.05, 4.69) is 110 Å². The van der Waals surface area contributed by atoms with E-state index in [4.69, 9.17) is 86.3 Å². The van der Waals surface area contributed by atoms with Crippen molar-refractivity contribution < 1.29 is 53.9 Å². The lowest BCUT2D eigenvalue weighted by Gasteiger charge is -2.27. The minimum atomic E-state index is -1.07. The summed E-state index contributed by atoms with van der Waals surface area (Å²) in [6.07, 6.45) is 9.09. The summed E-state index contributed by atoms with van der Waals surface area (Å²) in [5, 5.41) is 58.7. The molecule has 6 heterocycles. The molecule has 19 aromatic rings. The van der Waals surface area contributed by atoms with Crippen molar-refractivity contribution >= 4 is 311 Å². The number of nitrogens with one attached hydrogen (secondary N) is 1. The van der Waals surface area contributed by atoms with E-state index in [0.717, 1.165) is 72.0 Å². The molecule has 0 saturated heterocycles.